The third-order valence-corrected chi connectivity index (χ3v) is 6.79. The van der Waals surface area contributed by atoms with Crippen LogP contribution in [0.15, 0.2) is 48.5 Å². The Balaban J connectivity index is 2.42. The van der Waals surface area contributed by atoms with E-state index in [-0.39, 0.29) is 12.5 Å². The second-order valence-corrected chi connectivity index (χ2v) is 10.3. The van der Waals surface area contributed by atoms with E-state index in [1.807, 2.05) is 39.0 Å². The summed E-state index contributed by atoms with van der Waals surface area (Å²) in [6, 6.07) is 13.6. The van der Waals surface area contributed by atoms with Crippen LogP contribution in [0.25, 0.3) is 0 Å². The Bertz CT molecular complexity index is 1080. The molecule has 9 heteroatoms. The lowest BCUT2D eigenvalue weighted by molar-refractivity contribution is -0.140. The minimum atomic E-state index is -3.76. The van der Waals surface area contributed by atoms with Crippen LogP contribution in [0.2, 0.25) is 0 Å². The van der Waals surface area contributed by atoms with Crippen molar-refractivity contribution >= 4 is 27.5 Å². The second kappa shape index (κ2) is 11.9. The molecule has 0 saturated carbocycles. The van der Waals surface area contributed by atoms with Gasteiger partial charge < -0.3 is 15.0 Å². The van der Waals surface area contributed by atoms with E-state index in [4.69, 9.17) is 4.74 Å². The highest BCUT2D eigenvalue weighted by atomic mass is 32.2. The summed E-state index contributed by atoms with van der Waals surface area (Å²) < 4.78 is 31.6. The van der Waals surface area contributed by atoms with Gasteiger partial charge in [0.05, 0.1) is 19.1 Å². The Labute approximate surface area is 202 Å². The molecule has 0 aromatic heterocycles. The van der Waals surface area contributed by atoms with Crippen LogP contribution >= 0.6 is 0 Å². The van der Waals surface area contributed by atoms with Gasteiger partial charge in [0.15, 0.2) is 0 Å². The monoisotopic (exact) mass is 489 g/mol. The first kappa shape index (κ1) is 27.2. The number of carbonyl (C=O) groups excluding carboxylic acids is 2. The lowest BCUT2D eigenvalue weighted by atomic mass is 10.0. The van der Waals surface area contributed by atoms with Crippen LogP contribution in [0.4, 0.5) is 5.69 Å². The molecule has 0 fully saturated rings. The van der Waals surface area contributed by atoms with Crippen molar-refractivity contribution in [2.45, 2.75) is 45.7 Å². The topological polar surface area (TPSA) is 96.0 Å². The number of ether oxygens (including phenoxy) is 1. The summed E-state index contributed by atoms with van der Waals surface area (Å²) >= 11 is 0. The van der Waals surface area contributed by atoms with Crippen LogP contribution in [-0.2, 0) is 26.2 Å². The molecule has 2 aromatic rings. The van der Waals surface area contributed by atoms with Gasteiger partial charge in [0.2, 0.25) is 21.8 Å². The average Bonchev–Trinajstić information content (AvgIpc) is 2.81. The van der Waals surface area contributed by atoms with Gasteiger partial charge >= 0.3 is 0 Å². The number of nitrogens with zero attached hydrogens (tertiary/aromatic N) is 2. The molecule has 0 aliphatic carbocycles. The fraction of sp³-hybridized carbons (Fsp3) is 0.440. The minimum absolute atomic E-state index is 0.131. The highest BCUT2D eigenvalue weighted by Gasteiger charge is 2.31. The molecule has 8 nitrogen and oxygen atoms in total. The molecule has 34 heavy (non-hydrogen) atoms. The summed E-state index contributed by atoms with van der Waals surface area (Å²) in [5.41, 5.74) is 2.23. The predicted molar refractivity (Wildman–Crippen MR) is 134 cm³/mol. The van der Waals surface area contributed by atoms with Crippen molar-refractivity contribution in [3.8, 4) is 5.75 Å². The molecule has 0 spiro atoms. The standard InChI is InChI=1S/C25H35N3O5S/c1-7-23(25(30)26-4)27(16-19-9-8-10-22(15-19)33-5)24(29)17-28(34(6,31)32)21-13-11-20(12-14-21)18(2)3/h8-15,18,23H,7,16-17H2,1-6H3,(H,26,30). The maximum Gasteiger partial charge on any atom is 0.244 e. The SMILES string of the molecule is CCC(C(=O)NC)N(Cc1cccc(OC)c1)C(=O)CN(c1ccc(C(C)C)cc1)S(C)(=O)=O. The van der Waals surface area contributed by atoms with Crippen LogP contribution in [0.3, 0.4) is 0 Å². The van der Waals surface area contributed by atoms with E-state index < -0.39 is 28.5 Å². The molecule has 0 bridgehead atoms. The number of likely N-dealkylation sites (N-methyl/N-ethyl adjacent to an activating group) is 1. The quantitative estimate of drug-likeness (QED) is 0.523. The summed E-state index contributed by atoms with van der Waals surface area (Å²) in [7, 11) is -0.692. The van der Waals surface area contributed by atoms with Crippen molar-refractivity contribution in [2.75, 3.05) is 31.3 Å². The van der Waals surface area contributed by atoms with E-state index in [1.54, 1.807) is 37.4 Å². The maximum atomic E-state index is 13.5. The predicted octanol–water partition coefficient (Wildman–Crippen LogP) is 3.14. The van der Waals surface area contributed by atoms with E-state index in [2.05, 4.69) is 5.32 Å². The van der Waals surface area contributed by atoms with Crippen LogP contribution in [0.5, 0.6) is 5.75 Å². The van der Waals surface area contributed by atoms with Crippen molar-refractivity contribution in [2.24, 2.45) is 0 Å². The van der Waals surface area contributed by atoms with Gasteiger partial charge in [-0.15, -0.1) is 0 Å². The van der Waals surface area contributed by atoms with Gasteiger partial charge in [-0.05, 0) is 47.7 Å². The van der Waals surface area contributed by atoms with E-state index in [0.29, 0.717) is 23.8 Å². The first-order chi connectivity index (χ1) is 16.0. The molecule has 2 rings (SSSR count). The number of rotatable bonds is 11. The molecule has 0 heterocycles. The lowest BCUT2D eigenvalue weighted by Gasteiger charge is -2.32. The number of nitrogens with one attached hydrogen (secondary N) is 1. The van der Waals surface area contributed by atoms with Crippen LogP contribution in [0.1, 0.15) is 44.2 Å². The zero-order valence-electron chi connectivity index (χ0n) is 20.7. The highest BCUT2D eigenvalue weighted by molar-refractivity contribution is 7.92. The Morgan fingerprint density at radius 2 is 1.74 bits per heavy atom. The van der Waals surface area contributed by atoms with Crippen molar-refractivity contribution in [1.29, 1.82) is 0 Å². The number of hydrogen-bond donors (Lipinski definition) is 1. The molecule has 0 aliphatic heterocycles. The van der Waals surface area contributed by atoms with Crippen molar-refractivity contribution < 1.29 is 22.7 Å². The summed E-state index contributed by atoms with van der Waals surface area (Å²) in [4.78, 5) is 27.6. The molecule has 1 atom stereocenters. The smallest absolute Gasteiger partial charge is 0.244 e. The summed E-state index contributed by atoms with van der Waals surface area (Å²) in [6.45, 7) is 5.62. The van der Waals surface area contributed by atoms with E-state index in [9.17, 15) is 18.0 Å². The largest absolute Gasteiger partial charge is 0.497 e. The fourth-order valence-corrected chi connectivity index (χ4v) is 4.54. The molecule has 2 aromatic carbocycles. The third kappa shape index (κ3) is 6.96. The van der Waals surface area contributed by atoms with E-state index in [1.165, 1.54) is 11.9 Å². The molecule has 2 amide bonds. The third-order valence-electron chi connectivity index (χ3n) is 5.65. The van der Waals surface area contributed by atoms with Gasteiger partial charge in [0.1, 0.15) is 18.3 Å². The van der Waals surface area contributed by atoms with Gasteiger partial charge in [-0.2, -0.15) is 0 Å². The van der Waals surface area contributed by atoms with Crippen molar-refractivity contribution in [3.05, 3.63) is 59.7 Å². The zero-order chi connectivity index (χ0) is 25.5. The number of methoxy groups -OCH3 is 1. The molecule has 0 radical (unpaired) electrons. The van der Waals surface area contributed by atoms with Crippen molar-refractivity contribution in [1.82, 2.24) is 10.2 Å². The van der Waals surface area contributed by atoms with Gasteiger partial charge in [-0.3, -0.25) is 13.9 Å². The number of amides is 2. The lowest BCUT2D eigenvalue weighted by Crippen LogP contribution is -2.51. The Morgan fingerprint density at radius 3 is 2.24 bits per heavy atom. The molecule has 0 aliphatic rings. The molecule has 186 valence electrons. The molecular formula is C25H35N3O5S. The Kier molecular flexibility index (Phi) is 9.49. The molecular weight excluding hydrogens is 454 g/mol. The number of benzene rings is 2. The first-order valence-corrected chi connectivity index (χ1v) is 13.1. The number of carbonyl (C=O) groups is 2. The molecule has 1 unspecified atom stereocenters. The average molecular weight is 490 g/mol. The van der Waals surface area contributed by atoms with Crippen LogP contribution < -0.4 is 14.4 Å². The first-order valence-electron chi connectivity index (χ1n) is 11.2. The van der Waals surface area contributed by atoms with E-state index >= 15 is 0 Å². The minimum Gasteiger partial charge on any atom is -0.497 e. The van der Waals surface area contributed by atoms with Gasteiger partial charge in [-0.1, -0.05) is 45.0 Å². The maximum absolute atomic E-state index is 13.5. The van der Waals surface area contributed by atoms with Gasteiger partial charge in [-0.25, -0.2) is 8.42 Å². The Morgan fingerprint density at radius 1 is 1.09 bits per heavy atom. The fourth-order valence-electron chi connectivity index (χ4n) is 3.69. The van der Waals surface area contributed by atoms with Crippen LogP contribution in [-0.4, -0.2) is 58.1 Å². The zero-order valence-corrected chi connectivity index (χ0v) is 21.6. The van der Waals surface area contributed by atoms with E-state index in [0.717, 1.165) is 21.7 Å². The van der Waals surface area contributed by atoms with Crippen LogP contribution in [0, 0.1) is 0 Å². The number of anilines is 1. The van der Waals surface area contributed by atoms with Gasteiger partial charge in [0, 0.05) is 13.6 Å². The molecule has 0 saturated heterocycles. The molecule has 1 N–H and O–H groups in total. The highest BCUT2D eigenvalue weighted by Crippen LogP contribution is 2.23. The summed E-state index contributed by atoms with van der Waals surface area (Å²) in [6.07, 6.45) is 1.44. The van der Waals surface area contributed by atoms with Gasteiger partial charge in [0.25, 0.3) is 0 Å². The number of sulfonamides is 1. The summed E-state index contributed by atoms with van der Waals surface area (Å²) in [5.74, 6) is 0.127. The van der Waals surface area contributed by atoms with Crippen molar-refractivity contribution in [3.63, 3.8) is 0 Å². The summed E-state index contributed by atoms with van der Waals surface area (Å²) in [5, 5.41) is 2.60. The second-order valence-electron chi connectivity index (χ2n) is 8.43. The Hall–Kier alpha value is -3.07. The number of hydrogen-bond acceptors (Lipinski definition) is 5. The normalized spacial score (nSPS) is 12.2.